The predicted octanol–water partition coefficient (Wildman–Crippen LogP) is 6.30. The average Bonchev–Trinajstić information content (AvgIpc) is 3.43. The van der Waals surface area contributed by atoms with Gasteiger partial charge in [-0.15, -0.1) is 0 Å². The first-order chi connectivity index (χ1) is 18.4. The normalized spacial score (nSPS) is 28.3. The van der Waals surface area contributed by atoms with Gasteiger partial charge in [0.2, 0.25) is 11.8 Å². The van der Waals surface area contributed by atoms with E-state index in [1.54, 1.807) is 24.1 Å². The molecule has 1 aromatic carbocycles. The lowest BCUT2D eigenvalue weighted by Crippen LogP contribution is -2.42. The number of imide groups is 1. The van der Waals surface area contributed by atoms with Gasteiger partial charge in [0, 0.05) is 19.1 Å². The van der Waals surface area contributed by atoms with Gasteiger partial charge < -0.3 is 14.6 Å². The van der Waals surface area contributed by atoms with Gasteiger partial charge in [0.1, 0.15) is 5.75 Å². The van der Waals surface area contributed by atoms with Crippen LogP contribution < -0.4 is 0 Å². The average molecular weight is 542 g/mol. The SMILES string of the molecule is CCC/C(=C\c1ccc(O)cc1Cl)CC[C@H]1OC[C@H]2C1=C(COC)C[C@H]1C(=O)N(C3CCCCC3)C(=O)[C@H]12. The summed E-state index contributed by atoms with van der Waals surface area (Å²) in [7, 11) is 1.69. The van der Waals surface area contributed by atoms with Crippen LogP contribution in [0.1, 0.15) is 76.7 Å². The van der Waals surface area contributed by atoms with Crippen molar-refractivity contribution in [3.63, 3.8) is 0 Å². The Balaban J connectivity index is 1.36. The fourth-order valence-electron chi connectivity index (χ4n) is 7.26. The Morgan fingerprint density at radius 3 is 2.66 bits per heavy atom. The monoisotopic (exact) mass is 541 g/mol. The number of carbonyl (C=O) groups is 2. The fraction of sp³-hybridized carbons (Fsp3) is 0.613. The zero-order chi connectivity index (χ0) is 26.8. The van der Waals surface area contributed by atoms with Crippen molar-refractivity contribution in [2.24, 2.45) is 17.8 Å². The van der Waals surface area contributed by atoms with Gasteiger partial charge in [0.25, 0.3) is 0 Å². The summed E-state index contributed by atoms with van der Waals surface area (Å²) in [5, 5.41) is 10.2. The van der Waals surface area contributed by atoms with E-state index in [1.807, 2.05) is 6.07 Å². The third-order valence-electron chi connectivity index (χ3n) is 8.94. The zero-order valence-corrected chi connectivity index (χ0v) is 23.3. The van der Waals surface area contributed by atoms with Gasteiger partial charge in [-0.05, 0) is 73.4 Å². The van der Waals surface area contributed by atoms with E-state index in [1.165, 1.54) is 17.6 Å². The quantitative estimate of drug-likeness (QED) is 0.293. The predicted molar refractivity (Wildman–Crippen MR) is 148 cm³/mol. The highest BCUT2D eigenvalue weighted by Crippen LogP contribution is 2.51. The van der Waals surface area contributed by atoms with Crippen molar-refractivity contribution in [2.75, 3.05) is 20.3 Å². The molecule has 1 aromatic rings. The standard InChI is InChI=1S/C31H40ClNO5/c1-3-7-19(14-20-11-12-23(34)16-26(20)32)10-13-27-28-21(17-37-2)15-24-29(25(28)18-38-27)31(36)33(30(24)35)22-8-5-4-6-9-22/h11-12,14,16,22,24-25,27,29,34H,3-10,13,15,17-18H2,1-2H3/b19-14+/t24-,25+,27-,29-/m1/s1. The number of likely N-dealkylation sites (tertiary alicyclic amines) is 1. The number of benzene rings is 1. The highest BCUT2D eigenvalue weighted by Gasteiger charge is 2.58. The Labute approximate surface area is 231 Å². The second-order valence-electron chi connectivity index (χ2n) is 11.4. The molecule has 4 aliphatic rings. The molecule has 1 N–H and O–H groups in total. The molecular weight excluding hydrogens is 502 g/mol. The molecule has 6 nitrogen and oxygen atoms in total. The van der Waals surface area contributed by atoms with Crippen LogP contribution in [0.4, 0.5) is 0 Å². The van der Waals surface area contributed by atoms with Crippen LogP contribution in [0.5, 0.6) is 5.75 Å². The summed E-state index contributed by atoms with van der Waals surface area (Å²) >= 11 is 6.38. The van der Waals surface area contributed by atoms with Crippen molar-refractivity contribution >= 4 is 29.5 Å². The number of hydrogen-bond acceptors (Lipinski definition) is 5. The summed E-state index contributed by atoms with van der Waals surface area (Å²) in [6.45, 7) is 3.12. The molecule has 3 fully saturated rings. The van der Waals surface area contributed by atoms with E-state index in [0.29, 0.717) is 24.7 Å². The topological polar surface area (TPSA) is 76.1 Å². The number of rotatable bonds is 9. The first-order valence-corrected chi connectivity index (χ1v) is 14.7. The number of nitrogens with zero attached hydrogens (tertiary/aromatic N) is 1. The van der Waals surface area contributed by atoms with Gasteiger partial charge in [-0.2, -0.15) is 0 Å². The molecule has 7 heteroatoms. The minimum atomic E-state index is -0.300. The maximum absolute atomic E-state index is 13.7. The lowest BCUT2D eigenvalue weighted by atomic mass is 9.69. The summed E-state index contributed by atoms with van der Waals surface area (Å²) in [5.74, 6) is -0.404. The molecule has 2 aliphatic carbocycles. The number of fused-ring (bicyclic) bond motifs is 3. The lowest BCUT2D eigenvalue weighted by molar-refractivity contribution is -0.143. The fourth-order valence-corrected chi connectivity index (χ4v) is 7.49. The first-order valence-electron chi connectivity index (χ1n) is 14.3. The third kappa shape index (κ3) is 5.32. The number of ether oxygens (including phenoxy) is 2. The highest BCUT2D eigenvalue weighted by molar-refractivity contribution is 6.32. The Morgan fingerprint density at radius 1 is 1.16 bits per heavy atom. The molecule has 4 atom stereocenters. The molecule has 0 spiro atoms. The Kier molecular flexibility index (Phi) is 8.61. The Bertz CT molecular complexity index is 1120. The van der Waals surface area contributed by atoms with Gasteiger partial charge >= 0.3 is 0 Å². The van der Waals surface area contributed by atoms with Crippen molar-refractivity contribution in [1.29, 1.82) is 0 Å². The van der Waals surface area contributed by atoms with E-state index in [4.69, 9.17) is 21.1 Å². The maximum Gasteiger partial charge on any atom is 0.234 e. The summed E-state index contributed by atoms with van der Waals surface area (Å²) in [6.07, 6.45) is 11.5. The second kappa shape index (κ2) is 11.9. The van der Waals surface area contributed by atoms with Gasteiger partial charge in [0.05, 0.1) is 36.2 Å². The second-order valence-corrected chi connectivity index (χ2v) is 11.8. The van der Waals surface area contributed by atoms with Gasteiger partial charge in [-0.1, -0.05) is 55.9 Å². The summed E-state index contributed by atoms with van der Waals surface area (Å²) in [6, 6.07) is 5.13. The van der Waals surface area contributed by atoms with Crippen LogP contribution in [0.3, 0.4) is 0 Å². The molecule has 1 saturated carbocycles. The molecule has 0 radical (unpaired) electrons. The van der Waals surface area contributed by atoms with Crippen molar-refractivity contribution in [2.45, 2.75) is 83.3 Å². The van der Waals surface area contributed by atoms with Crippen LogP contribution in [0.25, 0.3) is 6.08 Å². The van der Waals surface area contributed by atoms with E-state index in [-0.39, 0.29) is 47.5 Å². The zero-order valence-electron chi connectivity index (χ0n) is 22.6. The van der Waals surface area contributed by atoms with Crippen LogP contribution in [-0.4, -0.2) is 54.3 Å². The minimum Gasteiger partial charge on any atom is -0.508 e. The highest BCUT2D eigenvalue weighted by atomic mass is 35.5. The lowest BCUT2D eigenvalue weighted by Gasteiger charge is -2.31. The molecule has 2 aliphatic heterocycles. The van der Waals surface area contributed by atoms with Crippen LogP contribution in [-0.2, 0) is 19.1 Å². The smallest absolute Gasteiger partial charge is 0.234 e. The molecule has 0 aromatic heterocycles. The number of hydrogen-bond donors (Lipinski definition) is 1. The molecule has 2 amide bonds. The number of amides is 2. The number of phenols is 1. The van der Waals surface area contributed by atoms with Crippen molar-refractivity contribution < 1.29 is 24.2 Å². The minimum absolute atomic E-state index is 0.0296. The van der Waals surface area contributed by atoms with Gasteiger partial charge in [0.15, 0.2) is 0 Å². The summed E-state index contributed by atoms with van der Waals surface area (Å²) < 4.78 is 12.0. The largest absolute Gasteiger partial charge is 0.508 e. The van der Waals surface area contributed by atoms with Crippen molar-refractivity contribution in [3.8, 4) is 5.75 Å². The van der Waals surface area contributed by atoms with Gasteiger partial charge in [-0.3, -0.25) is 14.5 Å². The van der Waals surface area contributed by atoms with Crippen molar-refractivity contribution in [1.82, 2.24) is 4.90 Å². The molecule has 206 valence electrons. The molecular formula is C31H40ClNO5. The van der Waals surface area contributed by atoms with Gasteiger partial charge in [-0.25, -0.2) is 0 Å². The van der Waals surface area contributed by atoms with Crippen LogP contribution in [0, 0.1) is 17.8 Å². The molecule has 5 rings (SSSR count). The molecule has 2 heterocycles. The summed E-state index contributed by atoms with van der Waals surface area (Å²) in [4.78, 5) is 28.9. The molecule has 0 bridgehead atoms. The number of allylic oxidation sites excluding steroid dienone is 1. The number of methoxy groups -OCH3 is 1. The maximum atomic E-state index is 13.7. The first kappa shape index (κ1) is 27.4. The Hall–Kier alpha value is -2.15. The molecule has 2 saturated heterocycles. The van der Waals surface area contributed by atoms with Crippen molar-refractivity contribution in [3.05, 3.63) is 45.5 Å². The third-order valence-corrected chi connectivity index (χ3v) is 9.27. The number of phenolic OH excluding ortho intramolecular Hbond substituents is 1. The number of carbonyl (C=O) groups excluding carboxylic acids is 2. The molecule has 0 unspecified atom stereocenters. The van der Waals surface area contributed by atoms with E-state index in [2.05, 4.69) is 13.0 Å². The van der Waals surface area contributed by atoms with Crippen LogP contribution in [0.2, 0.25) is 5.02 Å². The van der Waals surface area contributed by atoms with E-state index in [0.717, 1.165) is 62.5 Å². The number of aromatic hydroxyl groups is 1. The molecule has 38 heavy (non-hydrogen) atoms. The Morgan fingerprint density at radius 2 is 1.95 bits per heavy atom. The summed E-state index contributed by atoms with van der Waals surface area (Å²) in [5.41, 5.74) is 4.54. The number of halogens is 1. The van der Waals surface area contributed by atoms with E-state index >= 15 is 0 Å². The van der Waals surface area contributed by atoms with Crippen LogP contribution >= 0.6 is 11.6 Å². The van der Waals surface area contributed by atoms with E-state index in [9.17, 15) is 14.7 Å². The van der Waals surface area contributed by atoms with E-state index < -0.39 is 0 Å². The van der Waals surface area contributed by atoms with Crippen LogP contribution in [0.15, 0.2) is 34.9 Å².